The van der Waals surface area contributed by atoms with Crippen LogP contribution < -0.4 is 0 Å². The molecule has 1 fully saturated rings. The van der Waals surface area contributed by atoms with Gasteiger partial charge in [-0.15, -0.1) is 5.54 Å². The van der Waals surface area contributed by atoms with E-state index in [1.165, 1.54) is 30.2 Å². The van der Waals surface area contributed by atoms with Crippen LogP contribution in [-0.4, -0.2) is 50.1 Å². The van der Waals surface area contributed by atoms with E-state index < -0.39 is 31.5 Å². The third-order valence-electron chi connectivity index (χ3n) is 3.78. The van der Waals surface area contributed by atoms with Crippen LogP contribution in [0.3, 0.4) is 0 Å². The Hall–Kier alpha value is -1.92. The Morgan fingerprint density at radius 1 is 1.30 bits per heavy atom. The first kappa shape index (κ1) is 21.4. The van der Waals surface area contributed by atoms with Gasteiger partial charge in [-0.1, -0.05) is 25.6 Å². The molecular weight excluding hydrogens is 395 g/mol. The van der Waals surface area contributed by atoms with Crippen LogP contribution in [0.5, 0.6) is 0 Å². The van der Waals surface area contributed by atoms with E-state index in [9.17, 15) is 22.8 Å². The number of hydrogen-bond donors (Lipinski definition) is 0. The maximum absolute atomic E-state index is 12.9. The van der Waals surface area contributed by atoms with Crippen LogP contribution in [0, 0.1) is 11.5 Å². The van der Waals surface area contributed by atoms with E-state index in [2.05, 4.69) is 16.2 Å². The summed E-state index contributed by atoms with van der Waals surface area (Å²) >= 11 is -0.291. The highest BCUT2D eigenvalue weighted by Gasteiger charge is 2.39. The molecule has 1 amide bonds. The number of hydrogen-bond acceptors (Lipinski definition) is 4. The van der Waals surface area contributed by atoms with Gasteiger partial charge in [0.1, 0.15) is 14.1 Å². The Kier molecular flexibility index (Phi) is 6.32. The van der Waals surface area contributed by atoms with Crippen molar-refractivity contribution in [1.82, 2.24) is 4.90 Å². The smallest absolute Gasteiger partial charge is 0.446 e. The quantitative estimate of drug-likeness (QED) is 0.325. The molecule has 1 heterocycles. The normalized spacial score (nSPS) is 16.9. The van der Waals surface area contributed by atoms with Crippen LogP contribution in [0.2, 0.25) is 19.6 Å². The Morgan fingerprint density at radius 3 is 2.44 bits per heavy atom. The minimum absolute atomic E-state index is 0.0916. The number of benzene rings is 1. The third-order valence-corrected chi connectivity index (χ3v) is 5.44. The highest BCUT2D eigenvalue weighted by molar-refractivity contribution is 8.00. The van der Waals surface area contributed by atoms with Gasteiger partial charge < -0.3 is 9.64 Å². The van der Waals surface area contributed by atoms with Crippen LogP contribution in [-0.2, 0) is 9.53 Å². The van der Waals surface area contributed by atoms with Crippen molar-refractivity contribution >= 4 is 31.7 Å². The molecule has 4 nitrogen and oxygen atoms in total. The van der Waals surface area contributed by atoms with E-state index in [0.29, 0.717) is 13.0 Å². The van der Waals surface area contributed by atoms with Gasteiger partial charge in [-0.05, 0) is 36.4 Å². The standard InChI is InChI=1S/C18H20F3NO3SSi/c1-25-17(24)14-7-9-22(14)16(23)13-6-5-12(8-10-27(2,3)4)15(11-13)26-18(19,20)21/h5-6,11,14H,7,9H2,1-4H3/t14-/m1/s1. The van der Waals surface area contributed by atoms with E-state index in [0.717, 1.165) is 0 Å². The fourth-order valence-corrected chi connectivity index (χ4v) is 3.57. The van der Waals surface area contributed by atoms with Crippen LogP contribution in [0.4, 0.5) is 13.2 Å². The number of carbonyl (C=O) groups excluding carboxylic acids is 2. The molecule has 0 unspecified atom stereocenters. The number of likely N-dealkylation sites (tertiary alicyclic amines) is 1. The van der Waals surface area contributed by atoms with E-state index in [-0.39, 0.29) is 27.8 Å². The molecule has 0 saturated carbocycles. The maximum atomic E-state index is 12.9. The molecule has 0 aliphatic carbocycles. The molecule has 2 rings (SSSR count). The fourth-order valence-electron chi connectivity index (χ4n) is 2.40. The van der Waals surface area contributed by atoms with Gasteiger partial charge in [-0.2, -0.15) is 13.2 Å². The van der Waals surface area contributed by atoms with Crippen LogP contribution >= 0.6 is 11.8 Å². The summed E-state index contributed by atoms with van der Waals surface area (Å²) in [5.74, 6) is 1.80. The molecule has 0 radical (unpaired) electrons. The second-order valence-electron chi connectivity index (χ2n) is 7.08. The van der Waals surface area contributed by atoms with Crippen molar-refractivity contribution in [2.24, 2.45) is 0 Å². The van der Waals surface area contributed by atoms with E-state index in [4.69, 9.17) is 0 Å². The lowest BCUT2D eigenvalue weighted by atomic mass is 10.0. The van der Waals surface area contributed by atoms with Gasteiger partial charge in [0.15, 0.2) is 0 Å². The molecule has 1 aliphatic rings. The Labute approximate surface area is 161 Å². The first-order valence-electron chi connectivity index (χ1n) is 8.23. The summed E-state index contributed by atoms with van der Waals surface area (Å²) in [4.78, 5) is 25.4. The van der Waals surface area contributed by atoms with Gasteiger partial charge in [0, 0.05) is 22.6 Å². The number of alkyl halides is 3. The zero-order chi connectivity index (χ0) is 20.4. The zero-order valence-corrected chi connectivity index (χ0v) is 17.3. The predicted octanol–water partition coefficient (Wildman–Crippen LogP) is 3.91. The molecule has 1 saturated heterocycles. The first-order valence-corrected chi connectivity index (χ1v) is 12.5. The molecule has 0 spiro atoms. The molecule has 27 heavy (non-hydrogen) atoms. The van der Waals surface area contributed by atoms with Crippen molar-refractivity contribution in [3.8, 4) is 11.5 Å². The van der Waals surface area contributed by atoms with Crippen molar-refractivity contribution in [2.75, 3.05) is 13.7 Å². The summed E-state index contributed by atoms with van der Waals surface area (Å²) in [5, 5.41) is 0. The van der Waals surface area contributed by atoms with Gasteiger partial charge in [0.05, 0.1) is 7.11 Å². The number of halogens is 3. The second kappa shape index (κ2) is 7.98. The molecule has 1 aliphatic heterocycles. The summed E-state index contributed by atoms with van der Waals surface area (Å²) < 4.78 is 43.5. The second-order valence-corrected chi connectivity index (χ2v) is 12.9. The highest BCUT2D eigenvalue weighted by atomic mass is 32.2. The molecule has 9 heteroatoms. The average molecular weight is 416 g/mol. The van der Waals surface area contributed by atoms with Gasteiger partial charge in [-0.3, -0.25) is 4.79 Å². The van der Waals surface area contributed by atoms with Gasteiger partial charge in [-0.25, -0.2) is 4.79 Å². The van der Waals surface area contributed by atoms with Crippen LogP contribution in [0.25, 0.3) is 0 Å². The number of carbonyl (C=O) groups is 2. The molecular formula is C18H20F3NO3SSi. The lowest BCUT2D eigenvalue weighted by molar-refractivity contribution is -0.149. The van der Waals surface area contributed by atoms with Gasteiger partial charge >= 0.3 is 11.5 Å². The van der Waals surface area contributed by atoms with Gasteiger partial charge in [0.25, 0.3) is 5.91 Å². The summed E-state index contributed by atoms with van der Waals surface area (Å²) in [6.07, 6.45) is 0.475. The minimum Gasteiger partial charge on any atom is -0.467 e. The summed E-state index contributed by atoms with van der Waals surface area (Å²) in [6, 6.07) is 3.39. The van der Waals surface area contributed by atoms with Crippen molar-refractivity contribution in [3.63, 3.8) is 0 Å². The maximum Gasteiger partial charge on any atom is 0.446 e. The van der Waals surface area contributed by atoms with E-state index in [1.54, 1.807) is 0 Å². The molecule has 0 N–H and O–H groups in total. The predicted molar refractivity (Wildman–Crippen MR) is 100 cm³/mol. The van der Waals surface area contributed by atoms with E-state index >= 15 is 0 Å². The summed E-state index contributed by atoms with van der Waals surface area (Å²) in [5.41, 5.74) is -1.13. The van der Waals surface area contributed by atoms with Crippen molar-refractivity contribution in [3.05, 3.63) is 29.3 Å². The Balaban J connectivity index is 2.36. The molecule has 0 aromatic heterocycles. The SMILES string of the molecule is COC(=O)[C@H]1CCN1C(=O)c1ccc(C#C[Si](C)(C)C)c(SC(F)(F)F)c1. The highest BCUT2D eigenvalue weighted by Crippen LogP contribution is 2.39. The fraction of sp³-hybridized carbons (Fsp3) is 0.444. The molecule has 1 aromatic rings. The van der Waals surface area contributed by atoms with E-state index in [1.807, 2.05) is 19.6 Å². The monoisotopic (exact) mass is 415 g/mol. The van der Waals surface area contributed by atoms with Crippen LogP contribution in [0.1, 0.15) is 22.3 Å². The number of methoxy groups -OCH3 is 1. The number of amides is 1. The number of ether oxygens (including phenoxy) is 1. The Morgan fingerprint density at radius 2 is 1.96 bits per heavy atom. The molecule has 0 bridgehead atoms. The minimum atomic E-state index is -4.50. The van der Waals surface area contributed by atoms with Crippen molar-refractivity contribution in [1.29, 1.82) is 0 Å². The number of esters is 1. The third kappa shape index (κ3) is 5.78. The average Bonchev–Trinajstić information content (AvgIpc) is 2.49. The molecule has 146 valence electrons. The first-order chi connectivity index (χ1) is 12.4. The number of rotatable bonds is 3. The zero-order valence-electron chi connectivity index (χ0n) is 15.4. The van der Waals surface area contributed by atoms with Crippen molar-refractivity contribution < 1.29 is 27.5 Å². The van der Waals surface area contributed by atoms with Crippen molar-refractivity contribution in [2.45, 2.75) is 42.5 Å². The lowest BCUT2D eigenvalue weighted by Gasteiger charge is -2.38. The topological polar surface area (TPSA) is 46.6 Å². The van der Waals surface area contributed by atoms with Crippen LogP contribution in [0.15, 0.2) is 23.1 Å². The summed E-state index contributed by atoms with van der Waals surface area (Å²) in [6.45, 7) is 6.33. The van der Waals surface area contributed by atoms with Gasteiger partial charge in [0.2, 0.25) is 0 Å². The number of nitrogens with zero attached hydrogens (tertiary/aromatic N) is 1. The lowest BCUT2D eigenvalue weighted by Crippen LogP contribution is -2.55. The molecule has 1 atom stereocenters. The largest absolute Gasteiger partial charge is 0.467 e. The number of thioether (sulfide) groups is 1. The Bertz CT molecular complexity index is 809. The summed E-state index contributed by atoms with van der Waals surface area (Å²) in [7, 11) is -0.546. The molecule has 1 aromatic carbocycles.